The molecule has 2 atom stereocenters. The van der Waals surface area contributed by atoms with Gasteiger partial charge in [0.1, 0.15) is 5.60 Å². The molecule has 5 heteroatoms. The Morgan fingerprint density at radius 3 is 2.68 bits per heavy atom. The number of pyridine rings is 1. The monoisotopic (exact) mass is 302 g/mol. The molecule has 1 saturated carbocycles. The Bertz CT molecular complexity index is 552. The third kappa shape index (κ3) is 2.85. The average molecular weight is 302 g/mol. The van der Waals surface area contributed by atoms with E-state index in [9.17, 15) is 9.59 Å². The number of hydrogen-bond acceptors (Lipinski definition) is 4. The second-order valence-electron chi connectivity index (χ2n) is 6.37. The number of nitrogens with one attached hydrogen (secondary N) is 1. The lowest BCUT2D eigenvalue weighted by Crippen LogP contribution is -2.46. The third-order valence-electron chi connectivity index (χ3n) is 4.90. The molecule has 0 unspecified atom stereocenters. The van der Waals surface area contributed by atoms with E-state index in [2.05, 4.69) is 10.3 Å². The Morgan fingerprint density at radius 1 is 1.32 bits per heavy atom. The minimum atomic E-state index is -0.558. The van der Waals surface area contributed by atoms with Crippen LogP contribution in [-0.4, -0.2) is 22.5 Å². The van der Waals surface area contributed by atoms with Crippen LogP contribution in [0.1, 0.15) is 57.1 Å². The van der Waals surface area contributed by atoms with Gasteiger partial charge in [0.2, 0.25) is 5.91 Å². The number of ether oxygens (including phenoxy) is 1. The van der Waals surface area contributed by atoms with Crippen LogP contribution in [0.15, 0.2) is 24.5 Å². The largest absolute Gasteiger partial charge is 0.458 e. The lowest BCUT2D eigenvalue weighted by atomic mass is 9.75. The summed E-state index contributed by atoms with van der Waals surface area (Å²) in [5, 5.41) is 3.03. The van der Waals surface area contributed by atoms with Crippen LogP contribution in [0.4, 0.5) is 0 Å². The first kappa shape index (κ1) is 15.0. The van der Waals surface area contributed by atoms with Crippen molar-refractivity contribution in [3.8, 4) is 0 Å². The summed E-state index contributed by atoms with van der Waals surface area (Å²) in [6.45, 7) is 1.94. The molecule has 118 valence electrons. The summed E-state index contributed by atoms with van der Waals surface area (Å²) in [5.74, 6) is -0.666. The molecule has 2 heterocycles. The van der Waals surface area contributed by atoms with E-state index in [1.165, 1.54) is 0 Å². The number of rotatable bonds is 3. The van der Waals surface area contributed by atoms with Gasteiger partial charge in [0.25, 0.3) is 0 Å². The SMILES string of the molecule is C[C@H](NC(=O)[C@@H]1CC(=O)OC12CCCCC2)c1ccncc1. The molecule has 1 aliphatic heterocycles. The summed E-state index contributed by atoms with van der Waals surface area (Å²) in [7, 11) is 0. The fourth-order valence-corrected chi connectivity index (χ4v) is 3.67. The van der Waals surface area contributed by atoms with Crippen LogP contribution in [-0.2, 0) is 14.3 Å². The molecule has 0 bridgehead atoms. The van der Waals surface area contributed by atoms with Gasteiger partial charge in [0, 0.05) is 12.4 Å². The molecule has 2 aliphatic rings. The van der Waals surface area contributed by atoms with Crippen LogP contribution in [0.2, 0.25) is 0 Å². The van der Waals surface area contributed by atoms with Crippen LogP contribution in [0.25, 0.3) is 0 Å². The van der Waals surface area contributed by atoms with Crippen LogP contribution in [0.5, 0.6) is 0 Å². The quantitative estimate of drug-likeness (QED) is 0.871. The number of carbonyl (C=O) groups is 2. The molecule has 1 aliphatic carbocycles. The molecule has 1 aromatic rings. The molecule has 1 N–H and O–H groups in total. The van der Waals surface area contributed by atoms with Gasteiger partial charge < -0.3 is 10.1 Å². The molecule has 1 amide bonds. The van der Waals surface area contributed by atoms with Gasteiger partial charge in [-0.1, -0.05) is 6.42 Å². The molecule has 2 fully saturated rings. The molecule has 0 radical (unpaired) electrons. The zero-order chi connectivity index (χ0) is 15.6. The first-order valence-electron chi connectivity index (χ1n) is 8.03. The number of hydrogen-bond donors (Lipinski definition) is 1. The van der Waals surface area contributed by atoms with E-state index in [0.717, 1.165) is 37.7 Å². The van der Waals surface area contributed by atoms with Crippen molar-refractivity contribution in [3.63, 3.8) is 0 Å². The van der Waals surface area contributed by atoms with Gasteiger partial charge in [0.15, 0.2) is 0 Å². The molecule has 3 rings (SSSR count). The third-order valence-corrected chi connectivity index (χ3v) is 4.90. The van der Waals surface area contributed by atoms with Gasteiger partial charge in [0.05, 0.1) is 18.4 Å². The Kier molecular flexibility index (Phi) is 4.14. The molecule has 1 aromatic heterocycles. The Hall–Kier alpha value is -1.91. The normalized spacial score (nSPS) is 24.8. The molecule has 0 aromatic carbocycles. The van der Waals surface area contributed by atoms with Crippen molar-refractivity contribution in [2.24, 2.45) is 5.92 Å². The standard InChI is InChI=1S/C17H22N2O3/c1-12(13-5-9-18-10-6-13)19-16(21)14-11-15(20)22-17(14)7-3-2-4-8-17/h5-6,9-10,12,14H,2-4,7-8,11H2,1H3,(H,19,21)/t12-,14-/m0/s1. The highest BCUT2D eigenvalue weighted by atomic mass is 16.6. The van der Waals surface area contributed by atoms with Crippen LogP contribution in [0.3, 0.4) is 0 Å². The lowest BCUT2D eigenvalue weighted by molar-refractivity contribution is -0.153. The van der Waals surface area contributed by atoms with Gasteiger partial charge >= 0.3 is 5.97 Å². The predicted octanol–water partition coefficient (Wildman–Crippen LogP) is 2.52. The number of carbonyl (C=O) groups excluding carboxylic acids is 2. The second kappa shape index (κ2) is 6.07. The van der Waals surface area contributed by atoms with Crippen molar-refractivity contribution in [1.82, 2.24) is 10.3 Å². The maximum Gasteiger partial charge on any atom is 0.307 e. The molecular weight excluding hydrogens is 280 g/mol. The summed E-state index contributed by atoms with van der Waals surface area (Å²) in [6.07, 6.45) is 8.44. The van der Waals surface area contributed by atoms with Crippen molar-refractivity contribution in [2.75, 3.05) is 0 Å². The first-order valence-corrected chi connectivity index (χ1v) is 8.03. The Labute approximate surface area is 130 Å². The minimum Gasteiger partial charge on any atom is -0.458 e. The maximum absolute atomic E-state index is 12.7. The predicted molar refractivity (Wildman–Crippen MR) is 80.8 cm³/mol. The van der Waals surface area contributed by atoms with Crippen LogP contribution >= 0.6 is 0 Å². The Balaban J connectivity index is 1.72. The van der Waals surface area contributed by atoms with E-state index in [4.69, 9.17) is 4.74 Å². The lowest BCUT2D eigenvalue weighted by Gasteiger charge is -2.36. The van der Waals surface area contributed by atoms with Crippen molar-refractivity contribution >= 4 is 11.9 Å². The van der Waals surface area contributed by atoms with Gasteiger partial charge in [-0.3, -0.25) is 14.6 Å². The van der Waals surface area contributed by atoms with Gasteiger partial charge in [-0.05, 0) is 50.3 Å². The zero-order valence-electron chi connectivity index (χ0n) is 12.9. The summed E-state index contributed by atoms with van der Waals surface area (Å²) in [5.41, 5.74) is 0.448. The highest BCUT2D eigenvalue weighted by Crippen LogP contribution is 2.44. The van der Waals surface area contributed by atoms with E-state index < -0.39 is 5.60 Å². The number of amides is 1. The van der Waals surface area contributed by atoms with E-state index in [1.54, 1.807) is 12.4 Å². The molecule has 22 heavy (non-hydrogen) atoms. The zero-order valence-corrected chi connectivity index (χ0v) is 12.9. The average Bonchev–Trinajstić information content (AvgIpc) is 2.84. The minimum absolute atomic E-state index is 0.0722. The smallest absolute Gasteiger partial charge is 0.307 e. The van der Waals surface area contributed by atoms with Crippen LogP contribution < -0.4 is 5.32 Å². The summed E-state index contributed by atoms with van der Waals surface area (Å²) in [4.78, 5) is 28.5. The van der Waals surface area contributed by atoms with E-state index in [0.29, 0.717) is 0 Å². The van der Waals surface area contributed by atoms with E-state index in [-0.39, 0.29) is 30.3 Å². The summed E-state index contributed by atoms with van der Waals surface area (Å²) < 4.78 is 5.60. The highest BCUT2D eigenvalue weighted by molar-refractivity contribution is 5.88. The molecule has 1 saturated heterocycles. The van der Waals surface area contributed by atoms with Crippen molar-refractivity contribution in [2.45, 2.75) is 57.1 Å². The fourth-order valence-electron chi connectivity index (χ4n) is 3.67. The van der Waals surface area contributed by atoms with Crippen molar-refractivity contribution in [1.29, 1.82) is 0 Å². The summed E-state index contributed by atoms with van der Waals surface area (Å²) in [6, 6.07) is 3.67. The van der Waals surface area contributed by atoms with Gasteiger partial charge in [-0.15, -0.1) is 0 Å². The van der Waals surface area contributed by atoms with Crippen LogP contribution in [0, 0.1) is 5.92 Å². The van der Waals surface area contributed by atoms with Gasteiger partial charge in [-0.25, -0.2) is 0 Å². The molecule has 1 spiro atoms. The molecule has 5 nitrogen and oxygen atoms in total. The Morgan fingerprint density at radius 2 is 2.00 bits per heavy atom. The maximum atomic E-state index is 12.7. The summed E-state index contributed by atoms with van der Waals surface area (Å²) >= 11 is 0. The van der Waals surface area contributed by atoms with Crippen molar-refractivity contribution < 1.29 is 14.3 Å². The second-order valence-corrected chi connectivity index (χ2v) is 6.37. The van der Waals surface area contributed by atoms with E-state index >= 15 is 0 Å². The first-order chi connectivity index (χ1) is 10.6. The van der Waals surface area contributed by atoms with E-state index in [1.807, 2.05) is 19.1 Å². The fraction of sp³-hybridized carbons (Fsp3) is 0.588. The van der Waals surface area contributed by atoms with Gasteiger partial charge in [-0.2, -0.15) is 0 Å². The number of aromatic nitrogens is 1. The van der Waals surface area contributed by atoms with Crippen molar-refractivity contribution in [3.05, 3.63) is 30.1 Å². The number of esters is 1. The topological polar surface area (TPSA) is 68.3 Å². The number of nitrogens with zero attached hydrogens (tertiary/aromatic N) is 1. The highest BCUT2D eigenvalue weighted by Gasteiger charge is 2.52. The molecular formula is C17H22N2O3.